The van der Waals surface area contributed by atoms with Crippen molar-refractivity contribution in [2.75, 3.05) is 6.54 Å². The fraction of sp³-hybridized carbons (Fsp3) is 0.500. The summed E-state index contributed by atoms with van der Waals surface area (Å²) in [7, 11) is 0. The first-order chi connectivity index (χ1) is 11.1. The minimum Gasteiger partial charge on any atom is -0.331 e. The molecule has 1 aliphatic heterocycles. The molecular formula is C20H30N2O. The van der Waals surface area contributed by atoms with Crippen LogP contribution in [0, 0.1) is 11.3 Å². The molecule has 1 atom stereocenters. The molecule has 0 N–H and O–H groups in total. The highest BCUT2D eigenvalue weighted by molar-refractivity contribution is 5.97. The molecule has 0 saturated carbocycles. The van der Waals surface area contributed by atoms with Crippen molar-refractivity contribution in [2.45, 2.75) is 59.9 Å². The number of amides is 1. The number of allylic oxidation sites excluding steroid dienone is 4. The Balaban J connectivity index is 0.00000232. The van der Waals surface area contributed by atoms with Crippen LogP contribution < -0.4 is 0 Å². The van der Waals surface area contributed by atoms with Crippen LogP contribution in [0.1, 0.15) is 53.9 Å². The molecule has 1 aliphatic rings. The molecule has 3 heteroatoms. The van der Waals surface area contributed by atoms with Crippen molar-refractivity contribution in [2.24, 2.45) is 0 Å². The third-order valence-corrected chi connectivity index (χ3v) is 3.90. The van der Waals surface area contributed by atoms with E-state index in [2.05, 4.69) is 26.5 Å². The van der Waals surface area contributed by atoms with Gasteiger partial charge in [0.2, 0.25) is 0 Å². The fourth-order valence-electron chi connectivity index (χ4n) is 2.72. The van der Waals surface area contributed by atoms with E-state index >= 15 is 0 Å². The largest absolute Gasteiger partial charge is 0.331 e. The van der Waals surface area contributed by atoms with Gasteiger partial charge in [0.05, 0.1) is 6.04 Å². The van der Waals surface area contributed by atoms with Gasteiger partial charge in [-0.25, -0.2) is 0 Å². The second-order valence-corrected chi connectivity index (χ2v) is 5.17. The predicted molar refractivity (Wildman–Crippen MR) is 97.8 cm³/mol. The molecule has 1 amide bonds. The molecule has 0 aromatic carbocycles. The van der Waals surface area contributed by atoms with Crippen molar-refractivity contribution < 1.29 is 4.79 Å². The highest BCUT2D eigenvalue weighted by Crippen LogP contribution is 2.28. The molecule has 0 aromatic heterocycles. The van der Waals surface area contributed by atoms with Crippen molar-refractivity contribution in [3.05, 3.63) is 47.6 Å². The maximum Gasteiger partial charge on any atom is 0.264 e. The number of carbonyl (C=O) groups is 1. The third-order valence-electron chi connectivity index (χ3n) is 3.90. The van der Waals surface area contributed by atoms with E-state index in [-0.39, 0.29) is 17.5 Å². The molecule has 1 rings (SSSR count). The lowest BCUT2D eigenvalue weighted by Crippen LogP contribution is -2.45. The zero-order chi connectivity index (χ0) is 17.8. The second-order valence-electron chi connectivity index (χ2n) is 5.17. The summed E-state index contributed by atoms with van der Waals surface area (Å²) in [4.78, 5) is 14.3. The van der Waals surface area contributed by atoms with Crippen LogP contribution in [0.15, 0.2) is 47.6 Å². The zero-order valence-electron chi connectivity index (χ0n) is 15.2. The number of carbonyl (C=O) groups excluding carboxylic acids is 1. The van der Waals surface area contributed by atoms with Gasteiger partial charge in [0, 0.05) is 6.54 Å². The van der Waals surface area contributed by atoms with Gasteiger partial charge in [-0.1, -0.05) is 58.1 Å². The lowest BCUT2D eigenvalue weighted by atomic mass is 9.90. The van der Waals surface area contributed by atoms with E-state index < -0.39 is 0 Å². The lowest BCUT2D eigenvalue weighted by Gasteiger charge is -2.37. The van der Waals surface area contributed by atoms with Crippen molar-refractivity contribution in [3.8, 4) is 6.07 Å². The summed E-state index contributed by atoms with van der Waals surface area (Å²) in [6, 6.07) is 2.09. The quantitative estimate of drug-likeness (QED) is 0.410. The van der Waals surface area contributed by atoms with Crippen LogP contribution in [0.2, 0.25) is 0 Å². The maximum atomic E-state index is 12.5. The molecule has 0 aromatic rings. The van der Waals surface area contributed by atoms with Crippen molar-refractivity contribution in [3.63, 3.8) is 0 Å². The van der Waals surface area contributed by atoms with Crippen LogP contribution in [0.25, 0.3) is 0 Å². The summed E-state index contributed by atoms with van der Waals surface area (Å²) in [5, 5.41) is 9.08. The minimum atomic E-state index is -0.149. The van der Waals surface area contributed by atoms with Crippen LogP contribution in [0.4, 0.5) is 0 Å². The number of hydrogen-bond donors (Lipinski definition) is 0. The van der Waals surface area contributed by atoms with E-state index in [1.807, 2.05) is 30.9 Å². The smallest absolute Gasteiger partial charge is 0.264 e. The standard InChI is InChI=1S/C18H24N2O.C2H6/c1-5-8-10-16-11-12-20(17(9-6-2)14(16)4)18(21)15(7-3)13-19;1-2/h5,7-8,10,17H,1,6,9,11-12H2,2-4H3;1-2H3/b10-8-,15-7+;. The lowest BCUT2D eigenvalue weighted by molar-refractivity contribution is -0.128. The Hall–Kier alpha value is -2.08. The highest BCUT2D eigenvalue weighted by Gasteiger charge is 2.30. The van der Waals surface area contributed by atoms with E-state index in [0.717, 1.165) is 19.3 Å². The van der Waals surface area contributed by atoms with Gasteiger partial charge in [0.1, 0.15) is 11.6 Å². The molecule has 1 unspecified atom stereocenters. The fourth-order valence-corrected chi connectivity index (χ4v) is 2.72. The Labute approximate surface area is 141 Å². The SMILES string of the molecule is C=C/C=C\C1=C(C)C(CCC)N(C(=O)/C(C#N)=C/C)CC1.CC. The Morgan fingerprint density at radius 2 is 2.13 bits per heavy atom. The van der Waals surface area contributed by atoms with Crippen LogP contribution >= 0.6 is 0 Å². The average molecular weight is 314 g/mol. The van der Waals surface area contributed by atoms with Gasteiger partial charge >= 0.3 is 0 Å². The predicted octanol–water partition coefficient (Wildman–Crippen LogP) is 4.94. The topological polar surface area (TPSA) is 44.1 Å². The van der Waals surface area contributed by atoms with Gasteiger partial charge in [-0.3, -0.25) is 4.79 Å². The summed E-state index contributed by atoms with van der Waals surface area (Å²) >= 11 is 0. The normalized spacial score (nSPS) is 18.3. The zero-order valence-corrected chi connectivity index (χ0v) is 15.2. The molecule has 0 spiro atoms. The first-order valence-electron chi connectivity index (χ1n) is 8.46. The van der Waals surface area contributed by atoms with E-state index in [1.54, 1.807) is 19.1 Å². The van der Waals surface area contributed by atoms with Gasteiger partial charge in [0.25, 0.3) is 5.91 Å². The Morgan fingerprint density at radius 3 is 2.61 bits per heavy atom. The number of rotatable bonds is 5. The summed E-state index contributed by atoms with van der Waals surface area (Å²) in [6.45, 7) is 14.3. The van der Waals surface area contributed by atoms with Gasteiger partial charge in [0.15, 0.2) is 0 Å². The van der Waals surface area contributed by atoms with Crippen molar-refractivity contribution in [1.29, 1.82) is 5.26 Å². The average Bonchev–Trinajstić information content (AvgIpc) is 2.58. The summed E-state index contributed by atoms with van der Waals surface area (Å²) in [5.41, 5.74) is 2.73. The summed E-state index contributed by atoms with van der Waals surface area (Å²) < 4.78 is 0. The van der Waals surface area contributed by atoms with Crippen LogP contribution in [-0.4, -0.2) is 23.4 Å². The van der Waals surface area contributed by atoms with Gasteiger partial charge in [-0.15, -0.1) is 0 Å². The Morgan fingerprint density at radius 1 is 1.48 bits per heavy atom. The minimum absolute atomic E-state index is 0.0871. The maximum absolute atomic E-state index is 12.5. The first-order valence-corrected chi connectivity index (χ1v) is 8.46. The van der Waals surface area contributed by atoms with E-state index in [4.69, 9.17) is 5.26 Å². The summed E-state index contributed by atoms with van der Waals surface area (Å²) in [6.07, 6.45) is 10.1. The molecular weight excluding hydrogens is 284 g/mol. The Bertz CT molecular complexity index is 532. The third kappa shape index (κ3) is 5.56. The van der Waals surface area contributed by atoms with Gasteiger partial charge in [-0.05, 0) is 37.8 Å². The van der Waals surface area contributed by atoms with E-state index in [9.17, 15) is 4.79 Å². The van der Waals surface area contributed by atoms with E-state index in [1.165, 1.54) is 11.1 Å². The molecule has 0 saturated heterocycles. The molecule has 23 heavy (non-hydrogen) atoms. The molecule has 0 bridgehead atoms. The Kier molecular flexibility index (Phi) is 10.4. The van der Waals surface area contributed by atoms with Gasteiger partial charge < -0.3 is 4.90 Å². The van der Waals surface area contributed by atoms with Crippen LogP contribution in [0.3, 0.4) is 0 Å². The molecule has 126 valence electrons. The summed E-state index contributed by atoms with van der Waals surface area (Å²) in [5.74, 6) is -0.149. The van der Waals surface area contributed by atoms with Crippen LogP contribution in [0.5, 0.6) is 0 Å². The number of nitriles is 1. The highest BCUT2D eigenvalue weighted by atomic mass is 16.2. The first kappa shape index (κ1) is 20.9. The van der Waals surface area contributed by atoms with Crippen LogP contribution in [-0.2, 0) is 4.79 Å². The van der Waals surface area contributed by atoms with Crippen molar-refractivity contribution >= 4 is 5.91 Å². The molecule has 3 nitrogen and oxygen atoms in total. The molecule has 1 heterocycles. The monoisotopic (exact) mass is 314 g/mol. The second kappa shape index (κ2) is 11.5. The van der Waals surface area contributed by atoms with Crippen molar-refractivity contribution in [1.82, 2.24) is 4.90 Å². The van der Waals surface area contributed by atoms with Gasteiger partial charge in [-0.2, -0.15) is 5.26 Å². The molecule has 0 aliphatic carbocycles. The number of hydrogen-bond acceptors (Lipinski definition) is 2. The molecule has 0 radical (unpaired) electrons. The number of nitrogens with zero attached hydrogens (tertiary/aromatic N) is 2. The van der Waals surface area contributed by atoms with E-state index in [0.29, 0.717) is 6.54 Å². The molecule has 0 fully saturated rings.